The lowest BCUT2D eigenvalue weighted by Crippen LogP contribution is -2.30. The third-order valence-corrected chi connectivity index (χ3v) is 21.0. The first-order valence-corrected chi connectivity index (χ1v) is 45.3. The number of carbonyl (C=O) groups is 4. The number of esters is 4. The number of phosphoric ester groups is 2. The standard InChI is InChI=1S/C82H160O17P2/c1-8-9-10-11-12-13-14-15-16-17-18-19-20-21-22-23-26-37-44-51-58-65-81(86)98-77(69-92-79(84)63-56-49-42-35-27-24-25-32-39-46-53-60-73(2)3)71-96-100(88,89)94-67-76(83)68-95-101(90,91)97-72-78(99-82(87)66-59-52-45-38-31-29-34-41-48-55-62-75(6)7)70-93-80(85)64-57-50-43-36-30-28-33-40-47-54-61-74(4)5/h73-78,83H,8-72H2,1-7H3,(H,88,89)(H,90,91)/t76-,77-,78-/m1/s1. The Bertz CT molecular complexity index is 1960. The first kappa shape index (κ1) is 99.1. The van der Waals surface area contributed by atoms with Crippen LogP contribution in [0.4, 0.5) is 0 Å². The number of unbranched alkanes of at least 4 members (excludes halogenated alkanes) is 48. The Labute approximate surface area is 619 Å². The first-order valence-electron chi connectivity index (χ1n) is 42.3. The molecule has 0 aliphatic rings. The fourth-order valence-electron chi connectivity index (χ4n) is 12.7. The monoisotopic (exact) mass is 1480 g/mol. The molecule has 0 aliphatic heterocycles. The summed E-state index contributed by atoms with van der Waals surface area (Å²) in [5.41, 5.74) is 0. The molecular formula is C82H160O17P2. The molecule has 0 fully saturated rings. The van der Waals surface area contributed by atoms with Crippen LogP contribution in [0.3, 0.4) is 0 Å². The van der Waals surface area contributed by atoms with E-state index in [1.54, 1.807) is 0 Å². The minimum absolute atomic E-state index is 0.106. The normalized spacial score (nSPS) is 14.0. The Morgan fingerprint density at radius 3 is 0.673 bits per heavy atom. The average Bonchev–Trinajstić information content (AvgIpc) is 0.958. The molecule has 19 heteroatoms. The number of hydrogen-bond donors (Lipinski definition) is 3. The van der Waals surface area contributed by atoms with E-state index in [4.69, 9.17) is 37.0 Å². The van der Waals surface area contributed by atoms with Gasteiger partial charge in [0.15, 0.2) is 12.2 Å². The second-order valence-corrected chi connectivity index (χ2v) is 33.8. The van der Waals surface area contributed by atoms with Crippen LogP contribution in [0.2, 0.25) is 0 Å². The largest absolute Gasteiger partial charge is 0.472 e. The van der Waals surface area contributed by atoms with Crippen molar-refractivity contribution in [2.75, 3.05) is 39.6 Å². The number of ether oxygens (including phenoxy) is 4. The molecule has 0 aromatic carbocycles. The Morgan fingerprint density at radius 2 is 0.455 bits per heavy atom. The molecule has 0 heterocycles. The van der Waals surface area contributed by atoms with Crippen molar-refractivity contribution in [2.24, 2.45) is 17.8 Å². The van der Waals surface area contributed by atoms with Crippen LogP contribution in [0.25, 0.3) is 0 Å². The number of aliphatic hydroxyl groups is 1. The molecule has 3 N–H and O–H groups in total. The van der Waals surface area contributed by atoms with Gasteiger partial charge in [0.05, 0.1) is 26.4 Å². The van der Waals surface area contributed by atoms with Crippen molar-refractivity contribution in [3.63, 3.8) is 0 Å². The quantitative estimate of drug-likeness (QED) is 0.0222. The minimum atomic E-state index is -4.96. The van der Waals surface area contributed by atoms with Crippen molar-refractivity contribution in [3.05, 3.63) is 0 Å². The maximum absolute atomic E-state index is 13.1. The highest BCUT2D eigenvalue weighted by molar-refractivity contribution is 7.47. The van der Waals surface area contributed by atoms with Gasteiger partial charge in [0, 0.05) is 25.7 Å². The predicted molar refractivity (Wildman–Crippen MR) is 414 cm³/mol. The van der Waals surface area contributed by atoms with Crippen molar-refractivity contribution < 1.29 is 80.2 Å². The highest BCUT2D eigenvalue weighted by Gasteiger charge is 2.30. The molecule has 0 aromatic rings. The minimum Gasteiger partial charge on any atom is -0.462 e. The van der Waals surface area contributed by atoms with Gasteiger partial charge in [-0.1, -0.05) is 376 Å². The summed E-state index contributed by atoms with van der Waals surface area (Å²) in [7, 11) is -9.92. The van der Waals surface area contributed by atoms with Gasteiger partial charge < -0.3 is 33.8 Å². The molecule has 0 bridgehead atoms. The summed E-state index contributed by atoms with van der Waals surface area (Å²) in [4.78, 5) is 73.1. The maximum atomic E-state index is 13.1. The summed E-state index contributed by atoms with van der Waals surface area (Å²) in [6.45, 7) is 11.9. The molecule has 600 valence electrons. The molecule has 0 spiro atoms. The molecule has 0 rings (SSSR count). The van der Waals surface area contributed by atoms with Gasteiger partial charge in [-0.2, -0.15) is 0 Å². The SMILES string of the molecule is CCCCCCCCCCCCCCCCCCCCCCCC(=O)O[C@H](COC(=O)CCCCCCCCCCCCCC(C)C)COP(=O)(O)OC[C@@H](O)COP(=O)(O)OC[C@@H](COC(=O)CCCCCCCCCCCCC(C)C)OC(=O)CCCCCCCCCCCCC(C)C. The molecule has 5 atom stereocenters. The lowest BCUT2D eigenvalue weighted by molar-refractivity contribution is -0.161. The molecule has 0 saturated heterocycles. The van der Waals surface area contributed by atoms with Crippen molar-refractivity contribution in [1.82, 2.24) is 0 Å². The van der Waals surface area contributed by atoms with Gasteiger partial charge in [0.25, 0.3) is 0 Å². The van der Waals surface area contributed by atoms with Gasteiger partial charge >= 0.3 is 39.5 Å². The van der Waals surface area contributed by atoms with Crippen LogP contribution in [0.1, 0.15) is 427 Å². The highest BCUT2D eigenvalue weighted by Crippen LogP contribution is 2.45. The second-order valence-electron chi connectivity index (χ2n) is 30.9. The Hall–Kier alpha value is -1.94. The van der Waals surface area contributed by atoms with Crippen LogP contribution in [0, 0.1) is 17.8 Å². The van der Waals surface area contributed by atoms with E-state index in [-0.39, 0.29) is 25.7 Å². The van der Waals surface area contributed by atoms with Gasteiger partial charge in [0.2, 0.25) is 0 Å². The molecular weight excluding hydrogens is 1320 g/mol. The number of aliphatic hydroxyl groups excluding tert-OH is 1. The molecule has 101 heavy (non-hydrogen) atoms. The Balaban J connectivity index is 5.24. The van der Waals surface area contributed by atoms with Gasteiger partial charge in [0.1, 0.15) is 19.3 Å². The zero-order chi connectivity index (χ0) is 74.4. The zero-order valence-corrected chi connectivity index (χ0v) is 68.2. The summed E-state index contributed by atoms with van der Waals surface area (Å²) < 4.78 is 68.8. The van der Waals surface area contributed by atoms with Crippen molar-refractivity contribution in [1.29, 1.82) is 0 Å². The van der Waals surface area contributed by atoms with Gasteiger partial charge in [-0.3, -0.25) is 37.3 Å². The lowest BCUT2D eigenvalue weighted by atomic mass is 10.0. The average molecular weight is 1480 g/mol. The number of hydrogen-bond acceptors (Lipinski definition) is 15. The van der Waals surface area contributed by atoms with Crippen LogP contribution < -0.4 is 0 Å². The molecule has 2 unspecified atom stereocenters. The van der Waals surface area contributed by atoms with E-state index in [2.05, 4.69) is 48.5 Å². The fraction of sp³-hybridized carbons (Fsp3) is 0.951. The van der Waals surface area contributed by atoms with E-state index in [0.717, 1.165) is 108 Å². The molecule has 0 aliphatic carbocycles. The number of rotatable bonds is 80. The fourth-order valence-corrected chi connectivity index (χ4v) is 14.2. The summed E-state index contributed by atoms with van der Waals surface area (Å²) in [5.74, 6) is 0.171. The van der Waals surface area contributed by atoms with E-state index in [0.29, 0.717) is 25.7 Å². The third-order valence-electron chi connectivity index (χ3n) is 19.1. The first-order chi connectivity index (χ1) is 48.7. The van der Waals surface area contributed by atoms with Crippen LogP contribution >= 0.6 is 15.6 Å². The van der Waals surface area contributed by atoms with Gasteiger partial charge in [-0.25, -0.2) is 9.13 Å². The van der Waals surface area contributed by atoms with E-state index in [1.807, 2.05) is 0 Å². The number of phosphoric acid groups is 2. The summed E-state index contributed by atoms with van der Waals surface area (Å²) in [5, 5.41) is 10.6. The van der Waals surface area contributed by atoms with Crippen LogP contribution in [0.5, 0.6) is 0 Å². The molecule has 0 aromatic heterocycles. The van der Waals surface area contributed by atoms with Gasteiger partial charge in [-0.15, -0.1) is 0 Å². The maximum Gasteiger partial charge on any atom is 0.472 e. The second kappa shape index (κ2) is 72.3. The summed E-state index contributed by atoms with van der Waals surface area (Å²) >= 11 is 0. The van der Waals surface area contributed by atoms with Crippen LogP contribution in [0.15, 0.2) is 0 Å². The Morgan fingerprint density at radius 1 is 0.267 bits per heavy atom. The van der Waals surface area contributed by atoms with Crippen LogP contribution in [-0.2, 0) is 65.4 Å². The predicted octanol–water partition coefficient (Wildman–Crippen LogP) is 24.5. The number of carbonyl (C=O) groups excluding carboxylic acids is 4. The molecule has 0 saturated carbocycles. The van der Waals surface area contributed by atoms with E-state index in [9.17, 15) is 43.2 Å². The molecule has 0 amide bonds. The van der Waals surface area contributed by atoms with E-state index >= 15 is 0 Å². The third kappa shape index (κ3) is 76.1. The van der Waals surface area contributed by atoms with Gasteiger partial charge in [-0.05, 0) is 43.4 Å². The topological polar surface area (TPSA) is 237 Å². The zero-order valence-electron chi connectivity index (χ0n) is 66.4. The summed E-state index contributed by atoms with van der Waals surface area (Å²) in [6.07, 6.45) is 61.1. The van der Waals surface area contributed by atoms with Crippen molar-refractivity contribution >= 4 is 39.5 Å². The Kier molecular flexibility index (Phi) is 70.9. The van der Waals surface area contributed by atoms with Crippen molar-refractivity contribution in [3.8, 4) is 0 Å². The van der Waals surface area contributed by atoms with E-state index in [1.165, 1.54) is 238 Å². The van der Waals surface area contributed by atoms with E-state index < -0.39 is 97.5 Å². The van der Waals surface area contributed by atoms with Crippen LogP contribution in [-0.4, -0.2) is 96.7 Å². The summed E-state index contributed by atoms with van der Waals surface area (Å²) in [6, 6.07) is 0. The lowest BCUT2D eigenvalue weighted by Gasteiger charge is -2.21. The smallest absolute Gasteiger partial charge is 0.462 e. The molecule has 17 nitrogen and oxygen atoms in total. The highest BCUT2D eigenvalue weighted by atomic mass is 31.2. The molecule has 0 radical (unpaired) electrons. The van der Waals surface area contributed by atoms with Crippen molar-refractivity contribution in [2.45, 2.75) is 446 Å².